The van der Waals surface area contributed by atoms with E-state index in [1.165, 1.54) is 16.7 Å². The first kappa shape index (κ1) is 14.1. The third-order valence-corrected chi connectivity index (χ3v) is 4.23. The van der Waals surface area contributed by atoms with Gasteiger partial charge >= 0.3 is 0 Å². The Morgan fingerprint density at radius 3 is 2.76 bits per heavy atom. The zero-order chi connectivity index (χ0) is 14.7. The van der Waals surface area contributed by atoms with Crippen molar-refractivity contribution in [2.24, 2.45) is 0 Å². The number of nitrogens with two attached hydrogens (primary N) is 1. The summed E-state index contributed by atoms with van der Waals surface area (Å²) in [4.78, 5) is 0. The van der Waals surface area contributed by atoms with Gasteiger partial charge in [0.2, 0.25) is 0 Å². The van der Waals surface area contributed by atoms with E-state index in [4.69, 9.17) is 5.73 Å². The van der Waals surface area contributed by atoms with Crippen molar-refractivity contribution < 1.29 is 5.11 Å². The Bertz CT molecular complexity index is 597. The van der Waals surface area contributed by atoms with Crippen LogP contribution in [0.15, 0.2) is 48.5 Å². The van der Waals surface area contributed by atoms with Gasteiger partial charge in [0.25, 0.3) is 0 Å². The topological polar surface area (TPSA) is 58.3 Å². The molecule has 4 N–H and O–H groups in total. The molecule has 3 nitrogen and oxygen atoms in total. The maximum absolute atomic E-state index is 9.66. The average molecular weight is 282 g/mol. The minimum absolute atomic E-state index is 0.0842. The molecule has 2 aromatic carbocycles. The van der Waals surface area contributed by atoms with Crippen molar-refractivity contribution in [3.05, 3.63) is 65.2 Å². The largest absolute Gasteiger partial charge is 0.399 e. The third kappa shape index (κ3) is 3.26. The molecule has 0 fully saturated rings. The molecule has 0 radical (unpaired) electrons. The molecule has 0 aliphatic heterocycles. The summed E-state index contributed by atoms with van der Waals surface area (Å²) in [6, 6.07) is 16.9. The Kier molecular flexibility index (Phi) is 4.23. The summed E-state index contributed by atoms with van der Waals surface area (Å²) < 4.78 is 0. The lowest BCUT2D eigenvalue weighted by Gasteiger charge is -2.22. The van der Waals surface area contributed by atoms with Crippen molar-refractivity contribution in [1.29, 1.82) is 0 Å². The van der Waals surface area contributed by atoms with E-state index < -0.39 is 0 Å². The number of nitrogen functional groups attached to an aromatic ring is 1. The summed E-state index contributed by atoms with van der Waals surface area (Å²) in [5.74, 6) is 0. The highest BCUT2D eigenvalue weighted by molar-refractivity contribution is 5.47. The molecule has 1 aliphatic rings. The van der Waals surface area contributed by atoms with E-state index in [0.29, 0.717) is 6.04 Å². The van der Waals surface area contributed by atoms with Crippen LogP contribution in [0.1, 0.15) is 29.2 Å². The first-order valence-electron chi connectivity index (χ1n) is 7.55. The lowest BCUT2D eigenvalue weighted by molar-refractivity contribution is 0.230. The molecule has 0 bridgehead atoms. The molecule has 3 rings (SSSR count). The molecular weight excluding hydrogens is 260 g/mol. The van der Waals surface area contributed by atoms with Gasteiger partial charge < -0.3 is 16.2 Å². The normalized spacial score (nSPS) is 18.4. The van der Waals surface area contributed by atoms with Gasteiger partial charge in [-0.1, -0.05) is 36.4 Å². The summed E-state index contributed by atoms with van der Waals surface area (Å²) >= 11 is 0. The molecule has 110 valence electrons. The van der Waals surface area contributed by atoms with Gasteiger partial charge in [-0.05, 0) is 48.1 Å². The quantitative estimate of drug-likeness (QED) is 0.738. The number of benzene rings is 2. The second-order valence-electron chi connectivity index (χ2n) is 5.79. The number of nitrogens with one attached hydrogen (secondary N) is 1. The Morgan fingerprint density at radius 2 is 2.00 bits per heavy atom. The smallest absolute Gasteiger partial charge is 0.0588 e. The highest BCUT2D eigenvalue weighted by Crippen LogP contribution is 2.32. The van der Waals surface area contributed by atoms with Gasteiger partial charge in [-0.3, -0.25) is 0 Å². The van der Waals surface area contributed by atoms with Gasteiger partial charge in [-0.2, -0.15) is 0 Å². The van der Waals surface area contributed by atoms with Gasteiger partial charge in [0.15, 0.2) is 0 Å². The van der Waals surface area contributed by atoms with Crippen LogP contribution in [0.3, 0.4) is 0 Å². The van der Waals surface area contributed by atoms with Crippen LogP contribution < -0.4 is 11.1 Å². The lowest BCUT2D eigenvalue weighted by atomic mass is 10.0. The van der Waals surface area contributed by atoms with Crippen LogP contribution in [0.25, 0.3) is 0 Å². The first-order chi connectivity index (χ1) is 10.3. The number of rotatable bonds is 5. The second-order valence-corrected chi connectivity index (χ2v) is 5.79. The molecule has 1 aliphatic carbocycles. The predicted molar refractivity (Wildman–Crippen MR) is 86.1 cm³/mol. The zero-order valence-corrected chi connectivity index (χ0v) is 12.1. The fourth-order valence-corrected chi connectivity index (χ4v) is 3.17. The van der Waals surface area contributed by atoms with Crippen LogP contribution >= 0.6 is 0 Å². The molecule has 0 heterocycles. The van der Waals surface area contributed by atoms with E-state index in [1.54, 1.807) is 0 Å². The fraction of sp³-hybridized carbons (Fsp3) is 0.333. The maximum atomic E-state index is 9.66. The average Bonchev–Trinajstić information content (AvgIpc) is 2.89. The van der Waals surface area contributed by atoms with Crippen LogP contribution in [0.4, 0.5) is 5.69 Å². The molecule has 21 heavy (non-hydrogen) atoms. The van der Waals surface area contributed by atoms with Crippen LogP contribution in [-0.2, 0) is 12.8 Å². The number of hydrogen-bond donors (Lipinski definition) is 3. The van der Waals surface area contributed by atoms with Crippen LogP contribution in [0.2, 0.25) is 0 Å². The molecule has 2 atom stereocenters. The van der Waals surface area contributed by atoms with Crippen molar-refractivity contribution in [2.75, 3.05) is 12.3 Å². The monoisotopic (exact) mass is 282 g/mol. The lowest BCUT2D eigenvalue weighted by Crippen LogP contribution is -2.36. The van der Waals surface area contributed by atoms with Crippen molar-refractivity contribution in [3.8, 4) is 0 Å². The van der Waals surface area contributed by atoms with Crippen LogP contribution in [-0.4, -0.2) is 17.8 Å². The highest BCUT2D eigenvalue weighted by Gasteiger charge is 2.24. The molecule has 0 saturated heterocycles. The minimum Gasteiger partial charge on any atom is -0.399 e. The summed E-state index contributed by atoms with van der Waals surface area (Å²) in [6.45, 7) is 0.149. The van der Waals surface area contributed by atoms with E-state index in [0.717, 1.165) is 24.9 Å². The Balaban J connectivity index is 1.69. The molecule has 0 amide bonds. The van der Waals surface area contributed by atoms with Gasteiger partial charge in [-0.15, -0.1) is 0 Å². The number of anilines is 1. The van der Waals surface area contributed by atoms with E-state index in [2.05, 4.69) is 29.6 Å². The zero-order valence-electron chi connectivity index (χ0n) is 12.1. The summed E-state index contributed by atoms with van der Waals surface area (Å²) in [7, 11) is 0. The SMILES string of the molecule is Nc1ccc2c(c1)CCC2N[C@H](CO)Cc1ccccc1. The summed E-state index contributed by atoms with van der Waals surface area (Å²) in [6.07, 6.45) is 2.98. The molecule has 0 aromatic heterocycles. The van der Waals surface area contributed by atoms with Gasteiger partial charge in [0.1, 0.15) is 0 Å². The Hall–Kier alpha value is -1.84. The van der Waals surface area contributed by atoms with Gasteiger partial charge in [0.05, 0.1) is 6.61 Å². The van der Waals surface area contributed by atoms with E-state index in [1.807, 2.05) is 24.3 Å². The highest BCUT2D eigenvalue weighted by atomic mass is 16.3. The second kappa shape index (κ2) is 6.29. The molecular formula is C18H22N2O. The van der Waals surface area contributed by atoms with Gasteiger partial charge in [-0.25, -0.2) is 0 Å². The summed E-state index contributed by atoms with van der Waals surface area (Å²) in [5.41, 5.74) is 10.6. The third-order valence-electron chi connectivity index (χ3n) is 4.23. The van der Waals surface area contributed by atoms with E-state index >= 15 is 0 Å². The molecule has 1 unspecified atom stereocenters. The Labute approximate surface area is 125 Å². The number of hydrogen-bond acceptors (Lipinski definition) is 3. The number of fused-ring (bicyclic) bond motifs is 1. The minimum atomic E-state index is 0.0842. The van der Waals surface area contributed by atoms with Crippen LogP contribution in [0.5, 0.6) is 0 Å². The molecule has 3 heteroatoms. The van der Waals surface area contributed by atoms with E-state index in [-0.39, 0.29) is 12.6 Å². The standard InChI is InChI=1S/C18H22N2O/c19-15-7-8-17-14(11-15)6-9-18(17)20-16(12-21)10-13-4-2-1-3-5-13/h1-5,7-8,11,16,18,20-21H,6,9-10,12,19H2/t16-,18?/m0/s1. The molecule has 0 spiro atoms. The molecule has 2 aromatic rings. The predicted octanol–water partition coefficient (Wildman–Crippen LogP) is 2.45. The Morgan fingerprint density at radius 1 is 1.19 bits per heavy atom. The van der Waals surface area contributed by atoms with Crippen molar-refractivity contribution >= 4 is 5.69 Å². The van der Waals surface area contributed by atoms with Crippen molar-refractivity contribution in [3.63, 3.8) is 0 Å². The van der Waals surface area contributed by atoms with E-state index in [9.17, 15) is 5.11 Å². The fourth-order valence-electron chi connectivity index (χ4n) is 3.17. The van der Waals surface area contributed by atoms with Crippen LogP contribution in [0, 0.1) is 0 Å². The number of aliphatic hydroxyl groups excluding tert-OH is 1. The summed E-state index contributed by atoms with van der Waals surface area (Å²) in [5, 5.41) is 13.3. The maximum Gasteiger partial charge on any atom is 0.0588 e. The number of aryl methyl sites for hydroxylation is 1. The van der Waals surface area contributed by atoms with Crippen molar-refractivity contribution in [1.82, 2.24) is 5.32 Å². The van der Waals surface area contributed by atoms with Crippen molar-refractivity contribution in [2.45, 2.75) is 31.3 Å². The number of aliphatic hydroxyl groups is 1. The first-order valence-corrected chi connectivity index (χ1v) is 7.55. The van der Waals surface area contributed by atoms with Gasteiger partial charge in [0, 0.05) is 17.8 Å². The molecule has 0 saturated carbocycles.